The molecule has 0 atom stereocenters. The van der Waals surface area contributed by atoms with Crippen molar-refractivity contribution in [3.05, 3.63) is 42.0 Å². The second kappa shape index (κ2) is 7.50. The molecule has 0 saturated heterocycles. The normalized spacial score (nSPS) is 10.1. The van der Waals surface area contributed by atoms with Gasteiger partial charge in [0, 0.05) is 6.54 Å². The summed E-state index contributed by atoms with van der Waals surface area (Å²) in [6.45, 7) is 7.26. The van der Waals surface area contributed by atoms with Crippen LogP contribution in [0.5, 0.6) is 0 Å². The summed E-state index contributed by atoms with van der Waals surface area (Å²) in [5, 5.41) is 12.2. The van der Waals surface area contributed by atoms with Crippen molar-refractivity contribution in [2.45, 2.75) is 13.3 Å². The fraction of sp³-hybridized carbons (Fsp3) is 0.357. The number of nitrogens with one attached hydrogen (secondary N) is 1. The number of carboxylic acid groups (broad SMARTS) is 1. The van der Waals surface area contributed by atoms with Crippen molar-refractivity contribution in [1.29, 1.82) is 0 Å². The SMILES string of the molecule is C=CCCOCCNc1c(C)cccc1C(=O)O. The second-order valence-corrected chi connectivity index (χ2v) is 3.92. The molecule has 4 heteroatoms. The third-order valence-electron chi connectivity index (χ3n) is 2.52. The van der Waals surface area contributed by atoms with Gasteiger partial charge in [0.05, 0.1) is 24.5 Å². The predicted octanol–water partition coefficient (Wildman–Crippen LogP) is 2.70. The molecule has 0 radical (unpaired) electrons. The fourth-order valence-electron chi connectivity index (χ4n) is 1.60. The summed E-state index contributed by atoms with van der Waals surface area (Å²) in [5.74, 6) is -0.922. The Bertz CT molecular complexity index is 416. The van der Waals surface area contributed by atoms with Gasteiger partial charge in [-0.05, 0) is 25.0 Å². The molecule has 2 N–H and O–H groups in total. The number of aryl methyl sites for hydroxylation is 1. The van der Waals surface area contributed by atoms with E-state index in [-0.39, 0.29) is 0 Å². The first-order chi connectivity index (χ1) is 8.66. The van der Waals surface area contributed by atoms with Crippen molar-refractivity contribution in [3.8, 4) is 0 Å². The monoisotopic (exact) mass is 249 g/mol. The van der Waals surface area contributed by atoms with Crippen molar-refractivity contribution >= 4 is 11.7 Å². The zero-order valence-electron chi connectivity index (χ0n) is 10.6. The third kappa shape index (κ3) is 4.22. The summed E-state index contributed by atoms with van der Waals surface area (Å²) in [7, 11) is 0. The Balaban J connectivity index is 2.51. The Morgan fingerprint density at radius 2 is 2.28 bits per heavy atom. The molecule has 4 nitrogen and oxygen atoms in total. The summed E-state index contributed by atoms with van der Waals surface area (Å²) >= 11 is 0. The van der Waals surface area contributed by atoms with Gasteiger partial charge in [-0.2, -0.15) is 0 Å². The zero-order valence-corrected chi connectivity index (χ0v) is 10.6. The van der Waals surface area contributed by atoms with Crippen LogP contribution in [0.3, 0.4) is 0 Å². The molecule has 0 saturated carbocycles. The molecule has 18 heavy (non-hydrogen) atoms. The average molecular weight is 249 g/mol. The summed E-state index contributed by atoms with van der Waals surface area (Å²) in [6, 6.07) is 5.22. The Morgan fingerprint density at radius 3 is 2.94 bits per heavy atom. The molecule has 0 spiro atoms. The Hall–Kier alpha value is -1.81. The van der Waals surface area contributed by atoms with Gasteiger partial charge in [-0.25, -0.2) is 4.79 Å². The van der Waals surface area contributed by atoms with Crippen molar-refractivity contribution in [3.63, 3.8) is 0 Å². The quantitative estimate of drug-likeness (QED) is 0.549. The van der Waals surface area contributed by atoms with Crippen molar-refractivity contribution in [2.75, 3.05) is 25.1 Å². The summed E-state index contributed by atoms with van der Waals surface area (Å²) < 4.78 is 5.35. The number of hydrogen-bond acceptors (Lipinski definition) is 3. The van der Waals surface area contributed by atoms with Crippen LogP contribution in [0, 0.1) is 6.92 Å². The minimum absolute atomic E-state index is 0.293. The lowest BCUT2D eigenvalue weighted by molar-refractivity contribution is 0.0697. The number of carboxylic acids is 1. The van der Waals surface area contributed by atoms with Crippen molar-refractivity contribution < 1.29 is 14.6 Å². The number of carbonyl (C=O) groups is 1. The highest BCUT2D eigenvalue weighted by Crippen LogP contribution is 2.20. The Labute approximate surface area is 107 Å². The highest BCUT2D eigenvalue weighted by atomic mass is 16.5. The van der Waals surface area contributed by atoms with Crippen LogP contribution in [0.4, 0.5) is 5.69 Å². The molecule has 0 fully saturated rings. The topological polar surface area (TPSA) is 58.6 Å². The third-order valence-corrected chi connectivity index (χ3v) is 2.52. The van der Waals surface area contributed by atoms with Crippen molar-refractivity contribution in [2.24, 2.45) is 0 Å². The van der Waals surface area contributed by atoms with Gasteiger partial charge in [0.15, 0.2) is 0 Å². The lowest BCUT2D eigenvalue weighted by Crippen LogP contribution is -2.13. The van der Waals surface area contributed by atoms with E-state index < -0.39 is 5.97 Å². The molecular formula is C14H19NO3. The molecule has 0 aliphatic carbocycles. The Kier molecular flexibility index (Phi) is 5.94. The zero-order chi connectivity index (χ0) is 13.4. The van der Waals surface area contributed by atoms with Crippen LogP contribution < -0.4 is 5.32 Å². The summed E-state index contributed by atoms with van der Waals surface area (Å²) in [4.78, 5) is 11.1. The van der Waals surface area contributed by atoms with E-state index in [1.807, 2.05) is 13.0 Å². The van der Waals surface area contributed by atoms with Crippen LogP contribution in [-0.4, -0.2) is 30.8 Å². The van der Waals surface area contributed by atoms with Gasteiger partial charge in [-0.3, -0.25) is 0 Å². The first-order valence-corrected chi connectivity index (χ1v) is 5.92. The standard InChI is InChI=1S/C14H19NO3/c1-3-4-9-18-10-8-15-13-11(2)6-5-7-12(13)14(16)17/h3,5-7,15H,1,4,8-10H2,2H3,(H,16,17). The van der Waals surface area contributed by atoms with Gasteiger partial charge in [-0.15, -0.1) is 6.58 Å². The molecule has 0 bridgehead atoms. The Morgan fingerprint density at radius 1 is 1.50 bits per heavy atom. The predicted molar refractivity (Wildman–Crippen MR) is 72.3 cm³/mol. The van der Waals surface area contributed by atoms with Crippen LogP contribution in [0.15, 0.2) is 30.9 Å². The molecule has 1 rings (SSSR count). The van der Waals surface area contributed by atoms with E-state index in [9.17, 15) is 4.79 Å². The van der Waals surface area contributed by atoms with E-state index in [4.69, 9.17) is 9.84 Å². The molecule has 98 valence electrons. The van der Waals surface area contributed by atoms with Crippen LogP contribution in [0.2, 0.25) is 0 Å². The van der Waals surface area contributed by atoms with Crippen LogP contribution in [-0.2, 0) is 4.74 Å². The van der Waals surface area contributed by atoms with E-state index in [1.165, 1.54) is 0 Å². The van der Waals surface area contributed by atoms with Crippen LogP contribution in [0.25, 0.3) is 0 Å². The maximum absolute atomic E-state index is 11.1. The van der Waals surface area contributed by atoms with Crippen LogP contribution >= 0.6 is 0 Å². The molecule has 1 aromatic rings. The van der Waals surface area contributed by atoms with Gasteiger partial charge in [0.1, 0.15) is 0 Å². The average Bonchev–Trinajstić information content (AvgIpc) is 2.34. The number of ether oxygens (including phenoxy) is 1. The maximum Gasteiger partial charge on any atom is 0.337 e. The number of aromatic carboxylic acids is 1. The highest BCUT2D eigenvalue weighted by molar-refractivity contribution is 5.95. The largest absolute Gasteiger partial charge is 0.478 e. The first-order valence-electron chi connectivity index (χ1n) is 5.92. The van der Waals surface area contributed by atoms with E-state index in [0.29, 0.717) is 31.0 Å². The number of anilines is 1. The van der Waals surface area contributed by atoms with E-state index in [1.54, 1.807) is 18.2 Å². The van der Waals surface area contributed by atoms with E-state index in [0.717, 1.165) is 12.0 Å². The number of benzene rings is 1. The summed E-state index contributed by atoms with van der Waals surface area (Å²) in [5.41, 5.74) is 1.87. The van der Waals surface area contributed by atoms with Gasteiger partial charge in [-0.1, -0.05) is 18.2 Å². The molecular weight excluding hydrogens is 230 g/mol. The lowest BCUT2D eigenvalue weighted by atomic mass is 10.1. The minimum atomic E-state index is -0.922. The minimum Gasteiger partial charge on any atom is -0.478 e. The van der Waals surface area contributed by atoms with E-state index >= 15 is 0 Å². The molecule has 1 aromatic carbocycles. The number of para-hydroxylation sites is 1. The molecule has 0 aliphatic heterocycles. The van der Waals surface area contributed by atoms with Gasteiger partial charge >= 0.3 is 5.97 Å². The van der Waals surface area contributed by atoms with Gasteiger partial charge in [0.2, 0.25) is 0 Å². The smallest absolute Gasteiger partial charge is 0.337 e. The number of rotatable bonds is 8. The molecule has 0 heterocycles. The number of hydrogen-bond donors (Lipinski definition) is 2. The second-order valence-electron chi connectivity index (χ2n) is 3.92. The molecule has 0 aromatic heterocycles. The van der Waals surface area contributed by atoms with Crippen LogP contribution in [0.1, 0.15) is 22.3 Å². The van der Waals surface area contributed by atoms with E-state index in [2.05, 4.69) is 11.9 Å². The maximum atomic E-state index is 11.1. The molecule has 0 amide bonds. The highest BCUT2D eigenvalue weighted by Gasteiger charge is 2.10. The van der Waals surface area contributed by atoms with Gasteiger partial charge in [0.25, 0.3) is 0 Å². The van der Waals surface area contributed by atoms with Crippen molar-refractivity contribution in [1.82, 2.24) is 0 Å². The lowest BCUT2D eigenvalue weighted by Gasteiger charge is -2.12. The fourth-order valence-corrected chi connectivity index (χ4v) is 1.60. The van der Waals surface area contributed by atoms with Gasteiger partial charge < -0.3 is 15.2 Å². The summed E-state index contributed by atoms with van der Waals surface area (Å²) in [6.07, 6.45) is 2.63. The first kappa shape index (κ1) is 14.3. The molecule has 0 unspecified atom stereocenters. The molecule has 0 aliphatic rings.